The number of rotatable bonds is 8. The van der Waals surface area contributed by atoms with Crippen molar-refractivity contribution in [2.45, 2.75) is 44.5 Å². The number of halogens is 2. The van der Waals surface area contributed by atoms with Crippen LogP contribution in [0.25, 0.3) is 11.3 Å². The van der Waals surface area contributed by atoms with E-state index in [0.717, 1.165) is 43.7 Å². The quantitative estimate of drug-likeness (QED) is 0.223. The minimum Gasteiger partial charge on any atom is -0.492 e. The van der Waals surface area contributed by atoms with E-state index in [1.807, 2.05) is 43.3 Å². The molecular formula is C23H24Br2N4O2S. The van der Waals surface area contributed by atoms with Crippen molar-refractivity contribution in [2.75, 3.05) is 17.7 Å². The van der Waals surface area contributed by atoms with Gasteiger partial charge in [-0.15, -0.1) is 10.2 Å². The van der Waals surface area contributed by atoms with Crippen molar-refractivity contribution < 1.29 is 9.47 Å². The largest absolute Gasteiger partial charge is 0.492 e. The van der Waals surface area contributed by atoms with Gasteiger partial charge in [0.2, 0.25) is 17.3 Å². The Morgan fingerprint density at radius 2 is 1.97 bits per heavy atom. The van der Waals surface area contributed by atoms with Gasteiger partial charge in [-0.25, -0.2) is 0 Å². The second-order valence-electron chi connectivity index (χ2n) is 7.23. The van der Waals surface area contributed by atoms with Crippen LogP contribution >= 0.6 is 43.6 Å². The topological polar surface area (TPSA) is 69.2 Å². The molecule has 1 atom stereocenters. The number of fused-ring (bicyclic) bond motifs is 3. The number of nitrogens with one attached hydrogen (secondary N) is 1. The summed E-state index contributed by atoms with van der Waals surface area (Å²) in [4.78, 5) is 4.73. The minimum atomic E-state index is -0.526. The molecule has 1 aromatic heterocycles. The van der Waals surface area contributed by atoms with Gasteiger partial charge in [-0.05, 0) is 47.5 Å². The van der Waals surface area contributed by atoms with E-state index in [2.05, 4.69) is 54.3 Å². The Balaban J connectivity index is 1.75. The van der Waals surface area contributed by atoms with Crippen molar-refractivity contribution in [1.82, 2.24) is 15.2 Å². The number of aromatic nitrogens is 3. The number of thioether (sulfide) groups is 1. The van der Waals surface area contributed by atoms with Gasteiger partial charge in [0.25, 0.3) is 0 Å². The highest BCUT2D eigenvalue weighted by molar-refractivity contribution is 9.11. The van der Waals surface area contributed by atoms with Crippen LogP contribution in [-0.2, 0) is 0 Å². The van der Waals surface area contributed by atoms with E-state index in [1.165, 1.54) is 12.8 Å². The average molecular weight is 580 g/mol. The third kappa shape index (κ3) is 5.21. The van der Waals surface area contributed by atoms with Gasteiger partial charge in [0.15, 0.2) is 5.69 Å². The van der Waals surface area contributed by atoms with Gasteiger partial charge < -0.3 is 14.8 Å². The second-order valence-corrected chi connectivity index (χ2v) is 10.1. The molecule has 3 aromatic rings. The number of anilines is 1. The van der Waals surface area contributed by atoms with Crippen LogP contribution < -0.4 is 14.8 Å². The Morgan fingerprint density at radius 3 is 2.78 bits per heavy atom. The zero-order valence-electron chi connectivity index (χ0n) is 17.9. The molecular weight excluding hydrogens is 556 g/mol. The molecule has 9 heteroatoms. The van der Waals surface area contributed by atoms with Crippen LogP contribution in [0.5, 0.6) is 11.6 Å². The lowest BCUT2D eigenvalue weighted by Gasteiger charge is -2.23. The maximum Gasteiger partial charge on any atom is 0.247 e. The summed E-state index contributed by atoms with van der Waals surface area (Å²) in [6.07, 6.45) is 2.97. The molecule has 2 aromatic carbocycles. The number of para-hydroxylation sites is 1. The van der Waals surface area contributed by atoms with Gasteiger partial charge in [0.05, 0.1) is 16.6 Å². The molecule has 0 saturated carbocycles. The molecule has 0 spiro atoms. The van der Waals surface area contributed by atoms with Gasteiger partial charge >= 0.3 is 0 Å². The molecule has 0 fully saturated rings. The summed E-state index contributed by atoms with van der Waals surface area (Å²) in [5, 5.41) is 13.0. The molecule has 0 aliphatic carbocycles. The van der Waals surface area contributed by atoms with E-state index in [-0.39, 0.29) is 0 Å². The number of nitrogens with zero attached hydrogens (tertiary/aromatic N) is 3. The van der Waals surface area contributed by atoms with Crippen molar-refractivity contribution in [3.05, 3.63) is 50.9 Å². The predicted molar refractivity (Wildman–Crippen MR) is 136 cm³/mol. The first kappa shape index (κ1) is 23.3. The van der Waals surface area contributed by atoms with Crippen molar-refractivity contribution >= 4 is 49.3 Å². The lowest BCUT2D eigenvalue weighted by molar-refractivity contribution is 0.216. The van der Waals surface area contributed by atoms with Crippen molar-refractivity contribution in [1.29, 1.82) is 0 Å². The number of unbranched alkanes of at least 4 members (excludes halogenated alkanes) is 2. The summed E-state index contributed by atoms with van der Waals surface area (Å²) in [5.41, 5.74) is 3.28. The Hall–Kier alpha value is -1.84. The first-order valence-corrected chi connectivity index (χ1v) is 13.2. The third-order valence-corrected chi connectivity index (χ3v) is 6.89. The van der Waals surface area contributed by atoms with Crippen molar-refractivity contribution in [2.24, 2.45) is 0 Å². The van der Waals surface area contributed by atoms with Crippen LogP contribution in [0, 0.1) is 0 Å². The summed E-state index contributed by atoms with van der Waals surface area (Å²) in [6.45, 7) is 4.69. The number of ether oxygens (including phenoxy) is 2. The highest BCUT2D eigenvalue weighted by atomic mass is 79.9. The molecule has 1 aliphatic heterocycles. The minimum absolute atomic E-state index is 0.457. The zero-order chi connectivity index (χ0) is 22.5. The summed E-state index contributed by atoms with van der Waals surface area (Å²) >= 11 is 8.82. The first-order valence-electron chi connectivity index (χ1n) is 10.6. The van der Waals surface area contributed by atoms with E-state index >= 15 is 0 Å². The Labute approximate surface area is 209 Å². The van der Waals surface area contributed by atoms with Crippen LogP contribution in [0.4, 0.5) is 5.69 Å². The molecule has 1 N–H and O–H groups in total. The lowest BCUT2D eigenvalue weighted by atomic mass is 10.1. The number of hydrogen-bond acceptors (Lipinski definition) is 7. The fourth-order valence-electron chi connectivity index (χ4n) is 3.44. The molecule has 0 amide bonds. The van der Waals surface area contributed by atoms with Gasteiger partial charge in [0.1, 0.15) is 5.75 Å². The predicted octanol–water partition coefficient (Wildman–Crippen LogP) is 7.25. The molecule has 32 heavy (non-hydrogen) atoms. The molecule has 0 radical (unpaired) electrons. The maximum absolute atomic E-state index is 6.43. The van der Waals surface area contributed by atoms with Crippen LogP contribution in [0.3, 0.4) is 0 Å². The smallest absolute Gasteiger partial charge is 0.247 e. The highest BCUT2D eigenvalue weighted by Gasteiger charge is 2.29. The zero-order valence-corrected chi connectivity index (χ0v) is 21.9. The summed E-state index contributed by atoms with van der Waals surface area (Å²) in [6, 6.07) is 11.9. The van der Waals surface area contributed by atoms with Gasteiger partial charge in [-0.1, -0.05) is 65.7 Å². The molecule has 6 nitrogen and oxygen atoms in total. The molecule has 4 rings (SSSR count). The standard InChI is InChI=1S/C23H24Br2N4O2S/c1-3-5-8-11-32-23-27-22-19(28-29-23)15-9-6-7-10-18(15)26-21(31-22)16-12-14(24)13-17(25)20(16)30-4-2/h6-7,9-10,12-13,21,26H,3-5,8,11H2,1-2H3/t21-/m1/s1. The monoisotopic (exact) mass is 578 g/mol. The highest BCUT2D eigenvalue weighted by Crippen LogP contribution is 2.43. The van der Waals surface area contributed by atoms with E-state index in [0.29, 0.717) is 23.3 Å². The van der Waals surface area contributed by atoms with Gasteiger partial charge in [-0.2, -0.15) is 4.98 Å². The van der Waals surface area contributed by atoms with Crippen LogP contribution in [0.15, 0.2) is 50.5 Å². The third-order valence-electron chi connectivity index (χ3n) is 4.92. The van der Waals surface area contributed by atoms with Gasteiger partial charge in [0, 0.05) is 21.5 Å². The number of hydrogen-bond donors (Lipinski definition) is 1. The van der Waals surface area contributed by atoms with E-state index in [1.54, 1.807) is 11.8 Å². The lowest BCUT2D eigenvalue weighted by Crippen LogP contribution is -2.18. The second kappa shape index (κ2) is 10.9. The first-order chi connectivity index (χ1) is 15.6. The molecule has 168 valence electrons. The summed E-state index contributed by atoms with van der Waals surface area (Å²) < 4.78 is 14.1. The molecule has 0 bridgehead atoms. The molecule has 0 unspecified atom stereocenters. The molecule has 2 heterocycles. The van der Waals surface area contributed by atoms with Gasteiger partial charge in [-0.3, -0.25) is 0 Å². The Morgan fingerprint density at radius 1 is 1.12 bits per heavy atom. The van der Waals surface area contributed by atoms with Crippen molar-refractivity contribution in [3.63, 3.8) is 0 Å². The van der Waals surface area contributed by atoms with E-state index in [4.69, 9.17) is 14.5 Å². The Kier molecular flexibility index (Phi) is 7.91. The molecule has 1 aliphatic rings. The fraction of sp³-hybridized carbons (Fsp3) is 0.348. The summed E-state index contributed by atoms with van der Waals surface area (Å²) in [7, 11) is 0. The van der Waals surface area contributed by atoms with Crippen LogP contribution in [0.1, 0.15) is 44.9 Å². The SMILES string of the molecule is CCCCCSc1nnc2c(n1)O[C@H](c1cc(Br)cc(Br)c1OCC)Nc1ccccc1-2. The van der Waals surface area contributed by atoms with Crippen LogP contribution in [0.2, 0.25) is 0 Å². The van der Waals surface area contributed by atoms with Crippen LogP contribution in [-0.4, -0.2) is 27.5 Å². The normalized spacial score (nSPS) is 14.6. The van der Waals surface area contributed by atoms with Crippen molar-refractivity contribution in [3.8, 4) is 22.9 Å². The van der Waals surface area contributed by atoms with E-state index < -0.39 is 6.23 Å². The molecule has 0 saturated heterocycles. The summed E-state index contributed by atoms with van der Waals surface area (Å²) in [5.74, 6) is 2.14. The number of benzene rings is 2. The fourth-order valence-corrected chi connectivity index (χ4v) is 5.59. The average Bonchev–Trinajstić information content (AvgIpc) is 2.95. The van der Waals surface area contributed by atoms with E-state index in [9.17, 15) is 0 Å². The maximum atomic E-state index is 6.43. The Bertz CT molecular complexity index is 1100.